The van der Waals surface area contributed by atoms with Gasteiger partial charge in [0.25, 0.3) is 11.8 Å². The zero-order valence-electron chi connectivity index (χ0n) is 14.2. The van der Waals surface area contributed by atoms with Gasteiger partial charge in [-0.25, -0.2) is 0 Å². The smallest absolute Gasteiger partial charge is 0.275 e. The fourth-order valence-corrected chi connectivity index (χ4v) is 3.03. The predicted molar refractivity (Wildman–Crippen MR) is 84.0 cm³/mol. The first-order valence-electron chi connectivity index (χ1n) is 8.19. The van der Waals surface area contributed by atoms with Crippen molar-refractivity contribution >= 4 is 11.8 Å². The van der Waals surface area contributed by atoms with E-state index in [4.69, 9.17) is 0 Å². The first-order valence-corrected chi connectivity index (χ1v) is 8.19. The van der Waals surface area contributed by atoms with Gasteiger partial charge in [0.15, 0.2) is 13.1 Å². The Labute approximate surface area is 128 Å². The first-order chi connectivity index (χ1) is 9.79. The Balaban J connectivity index is 2.34. The molecule has 1 unspecified atom stereocenters. The molecule has 0 spiro atoms. The summed E-state index contributed by atoms with van der Waals surface area (Å²) in [6, 6.07) is 0.433. The van der Waals surface area contributed by atoms with E-state index >= 15 is 0 Å². The standard InChI is InChI=1S/C16H31N3O2/c1-11(2)17-15(20)9-19(5)10-16(21)18-14-8-6-7-12(3)13(14)4/h11-14H,6-10H2,1-5H3,(H,17,20)(H,18,21)/p+1/t12-,13-,14-/m1/s1. The Morgan fingerprint density at radius 1 is 1.14 bits per heavy atom. The van der Waals surface area contributed by atoms with Gasteiger partial charge in [-0.1, -0.05) is 26.7 Å². The Bertz CT molecular complexity index is 357. The number of nitrogens with one attached hydrogen (secondary N) is 3. The lowest BCUT2D eigenvalue weighted by molar-refractivity contribution is -0.862. The summed E-state index contributed by atoms with van der Waals surface area (Å²) in [4.78, 5) is 24.7. The van der Waals surface area contributed by atoms with Crippen LogP contribution in [0.25, 0.3) is 0 Å². The van der Waals surface area contributed by atoms with Crippen LogP contribution >= 0.6 is 0 Å². The summed E-state index contributed by atoms with van der Waals surface area (Å²) < 4.78 is 0. The van der Waals surface area contributed by atoms with Crippen molar-refractivity contribution in [1.82, 2.24) is 10.6 Å². The molecule has 0 aliphatic heterocycles. The molecule has 5 heteroatoms. The highest BCUT2D eigenvalue weighted by Crippen LogP contribution is 2.29. The molecule has 4 atom stereocenters. The van der Waals surface area contributed by atoms with E-state index in [2.05, 4.69) is 24.5 Å². The minimum Gasteiger partial charge on any atom is -0.349 e. The maximum Gasteiger partial charge on any atom is 0.275 e. The van der Waals surface area contributed by atoms with Gasteiger partial charge in [-0.05, 0) is 32.1 Å². The fourth-order valence-electron chi connectivity index (χ4n) is 3.03. The molecular formula is C16H32N3O2+. The first kappa shape index (κ1) is 18.0. The number of carbonyl (C=O) groups excluding carboxylic acids is 2. The fraction of sp³-hybridized carbons (Fsp3) is 0.875. The highest BCUT2D eigenvalue weighted by atomic mass is 16.2. The van der Waals surface area contributed by atoms with Crippen molar-refractivity contribution in [2.24, 2.45) is 11.8 Å². The summed E-state index contributed by atoms with van der Waals surface area (Å²) in [7, 11) is 1.88. The van der Waals surface area contributed by atoms with Crippen LogP contribution in [0.15, 0.2) is 0 Å². The largest absolute Gasteiger partial charge is 0.349 e. The Morgan fingerprint density at radius 3 is 2.38 bits per heavy atom. The van der Waals surface area contributed by atoms with Crippen LogP contribution in [0.4, 0.5) is 0 Å². The molecule has 0 saturated heterocycles. The molecule has 0 heterocycles. The predicted octanol–water partition coefficient (Wildman–Crippen LogP) is -0.0334. The molecule has 122 valence electrons. The van der Waals surface area contributed by atoms with Crippen molar-refractivity contribution in [1.29, 1.82) is 0 Å². The van der Waals surface area contributed by atoms with Gasteiger partial charge in [-0.15, -0.1) is 0 Å². The lowest BCUT2D eigenvalue weighted by atomic mass is 9.78. The van der Waals surface area contributed by atoms with Crippen LogP contribution in [-0.4, -0.2) is 44.0 Å². The van der Waals surface area contributed by atoms with Crippen molar-refractivity contribution in [2.45, 2.75) is 59.0 Å². The van der Waals surface area contributed by atoms with E-state index in [1.165, 1.54) is 12.8 Å². The molecule has 0 radical (unpaired) electrons. The van der Waals surface area contributed by atoms with Crippen LogP contribution in [-0.2, 0) is 9.59 Å². The van der Waals surface area contributed by atoms with Crippen LogP contribution in [0.5, 0.6) is 0 Å². The third-order valence-corrected chi connectivity index (χ3v) is 4.43. The molecule has 1 saturated carbocycles. The van der Waals surface area contributed by atoms with E-state index in [9.17, 15) is 9.59 Å². The van der Waals surface area contributed by atoms with Crippen LogP contribution < -0.4 is 15.5 Å². The topological polar surface area (TPSA) is 62.6 Å². The van der Waals surface area contributed by atoms with Crippen molar-refractivity contribution in [2.75, 3.05) is 20.1 Å². The molecule has 21 heavy (non-hydrogen) atoms. The van der Waals surface area contributed by atoms with Crippen molar-refractivity contribution in [3.8, 4) is 0 Å². The highest BCUT2D eigenvalue weighted by Gasteiger charge is 2.28. The lowest BCUT2D eigenvalue weighted by Gasteiger charge is -2.34. The van der Waals surface area contributed by atoms with Gasteiger partial charge in [0, 0.05) is 12.1 Å². The van der Waals surface area contributed by atoms with Gasteiger partial charge < -0.3 is 15.5 Å². The number of quaternary nitrogens is 1. The van der Waals surface area contributed by atoms with Crippen LogP contribution in [0, 0.1) is 11.8 Å². The van der Waals surface area contributed by atoms with Gasteiger partial charge in [0.2, 0.25) is 0 Å². The molecule has 0 bridgehead atoms. The number of hydrogen-bond acceptors (Lipinski definition) is 2. The second kappa shape index (κ2) is 8.37. The summed E-state index contributed by atoms with van der Waals surface area (Å²) in [5.74, 6) is 1.25. The number of rotatable bonds is 6. The minimum absolute atomic E-state index is 0.00467. The van der Waals surface area contributed by atoms with Crippen molar-refractivity contribution in [3.63, 3.8) is 0 Å². The van der Waals surface area contributed by atoms with E-state index in [1.807, 2.05) is 20.9 Å². The third-order valence-electron chi connectivity index (χ3n) is 4.43. The molecule has 1 rings (SSSR count). The zero-order valence-corrected chi connectivity index (χ0v) is 14.2. The van der Waals surface area contributed by atoms with E-state index in [1.54, 1.807) is 0 Å². The van der Waals surface area contributed by atoms with Gasteiger partial charge in [-0.3, -0.25) is 9.59 Å². The molecule has 1 aliphatic rings. The van der Waals surface area contributed by atoms with Crippen LogP contribution in [0.3, 0.4) is 0 Å². The Hall–Kier alpha value is -1.10. The molecule has 0 aromatic rings. The number of amides is 2. The molecule has 1 aliphatic carbocycles. The SMILES string of the molecule is CC(C)NC(=O)C[NH+](C)CC(=O)N[C@@H]1CCC[C@@H](C)[C@H]1C. The van der Waals surface area contributed by atoms with Crippen molar-refractivity contribution in [3.05, 3.63) is 0 Å². The van der Waals surface area contributed by atoms with Gasteiger partial charge in [0.1, 0.15) is 0 Å². The second-order valence-electron chi connectivity index (χ2n) is 6.97. The van der Waals surface area contributed by atoms with Gasteiger partial charge >= 0.3 is 0 Å². The molecule has 5 nitrogen and oxygen atoms in total. The summed E-state index contributed by atoms with van der Waals surface area (Å²) >= 11 is 0. The van der Waals surface area contributed by atoms with E-state index < -0.39 is 0 Å². The molecule has 1 fully saturated rings. The Morgan fingerprint density at radius 2 is 1.76 bits per heavy atom. The number of likely N-dealkylation sites (N-methyl/N-ethyl adjacent to an activating group) is 1. The molecule has 0 aromatic heterocycles. The zero-order chi connectivity index (χ0) is 16.0. The summed E-state index contributed by atoms with van der Waals surface area (Å²) in [6.07, 6.45) is 3.52. The van der Waals surface area contributed by atoms with Gasteiger partial charge in [0.05, 0.1) is 7.05 Å². The quantitative estimate of drug-likeness (QED) is 0.645. The monoisotopic (exact) mass is 298 g/mol. The normalized spacial score (nSPS) is 27.2. The molecular weight excluding hydrogens is 266 g/mol. The average Bonchev–Trinajstić information content (AvgIpc) is 2.33. The van der Waals surface area contributed by atoms with E-state index in [0.717, 1.165) is 11.3 Å². The van der Waals surface area contributed by atoms with Crippen LogP contribution in [0.2, 0.25) is 0 Å². The lowest BCUT2D eigenvalue weighted by Crippen LogP contribution is -3.11. The Kier molecular flexibility index (Phi) is 7.15. The second-order valence-corrected chi connectivity index (χ2v) is 6.97. The van der Waals surface area contributed by atoms with E-state index in [0.29, 0.717) is 31.0 Å². The van der Waals surface area contributed by atoms with Crippen molar-refractivity contribution < 1.29 is 14.5 Å². The summed E-state index contributed by atoms with van der Waals surface area (Å²) in [6.45, 7) is 9.04. The summed E-state index contributed by atoms with van der Waals surface area (Å²) in [5, 5.41) is 6.00. The molecule has 2 amide bonds. The maximum atomic E-state index is 12.1. The minimum atomic E-state index is -0.00467. The number of hydrogen-bond donors (Lipinski definition) is 3. The molecule has 0 aromatic carbocycles. The number of carbonyl (C=O) groups is 2. The highest BCUT2D eigenvalue weighted by molar-refractivity contribution is 5.79. The maximum absolute atomic E-state index is 12.1. The summed E-state index contributed by atoms with van der Waals surface area (Å²) in [5.41, 5.74) is 0. The molecule has 3 N–H and O–H groups in total. The average molecular weight is 298 g/mol. The van der Waals surface area contributed by atoms with Gasteiger partial charge in [-0.2, -0.15) is 0 Å². The van der Waals surface area contributed by atoms with E-state index in [-0.39, 0.29) is 17.9 Å². The van der Waals surface area contributed by atoms with Crippen LogP contribution in [0.1, 0.15) is 47.0 Å². The third kappa shape index (κ3) is 6.46.